The lowest BCUT2D eigenvalue weighted by Gasteiger charge is -2.37. The Kier molecular flexibility index (Phi) is 5.77. The minimum absolute atomic E-state index is 0.0357. The highest BCUT2D eigenvalue weighted by Crippen LogP contribution is 2.23. The molecule has 1 aromatic carbocycles. The molecule has 0 spiro atoms. The van der Waals surface area contributed by atoms with E-state index in [0.29, 0.717) is 17.7 Å². The van der Waals surface area contributed by atoms with Crippen molar-refractivity contribution in [3.63, 3.8) is 0 Å². The molecule has 0 saturated carbocycles. The lowest BCUT2D eigenvalue weighted by molar-refractivity contribution is 0.0488. The van der Waals surface area contributed by atoms with Crippen molar-refractivity contribution in [3.8, 4) is 0 Å². The lowest BCUT2D eigenvalue weighted by atomic mass is 9.93. The Labute approximate surface area is 137 Å². The van der Waals surface area contributed by atoms with Crippen LogP contribution in [0.25, 0.3) is 0 Å². The number of rotatable bonds is 4. The van der Waals surface area contributed by atoms with Crippen molar-refractivity contribution < 1.29 is 14.7 Å². The van der Waals surface area contributed by atoms with Gasteiger partial charge < -0.3 is 15.3 Å². The van der Waals surface area contributed by atoms with Gasteiger partial charge in [-0.3, -0.25) is 9.59 Å². The molecule has 1 fully saturated rings. The van der Waals surface area contributed by atoms with Gasteiger partial charge in [0.05, 0.1) is 0 Å². The molecule has 2 unspecified atom stereocenters. The Hall–Kier alpha value is -1.88. The Morgan fingerprint density at radius 3 is 2.39 bits per heavy atom. The number of nitrogens with one attached hydrogen (secondary N) is 1. The van der Waals surface area contributed by atoms with E-state index < -0.39 is 0 Å². The van der Waals surface area contributed by atoms with Crippen LogP contribution in [0, 0.1) is 5.92 Å². The quantitative estimate of drug-likeness (QED) is 0.893. The average molecular weight is 318 g/mol. The lowest BCUT2D eigenvalue weighted by Crippen LogP contribution is -2.46. The van der Waals surface area contributed by atoms with Gasteiger partial charge in [-0.15, -0.1) is 0 Å². The van der Waals surface area contributed by atoms with Crippen molar-refractivity contribution in [2.75, 3.05) is 13.2 Å². The smallest absolute Gasteiger partial charge is 0.254 e. The Bertz CT molecular complexity index is 554. The minimum atomic E-state index is -0.134. The van der Waals surface area contributed by atoms with E-state index in [-0.39, 0.29) is 36.4 Å². The summed E-state index contributed by atoms with van der Waals surface area (Å²) < 4.78 is 0. The number of hydrogen-bond donors (Lipinski definition) is 2. The number of carbonyl (C=O) groups is 2. The molecular formula is C18H26N2O3. The summed E-state index contributed by atoms with van der Waals surface area (Å²) in [6.45, 7) is 6.56. The summed E-state index contributed by atoms with van der Waals surface area (Å²) in [6, 6.07) is 7.02. The third kappa shape index (κ3) is 4.32. The zero-order valence-electron chi connectivity index (χ0n) is 14.1. The van der Waals surface area contributed by atoms with Gasteiger partial charge in [0, 0.05) is 36.4 Å². The molecule has 2 rings (SSSR count). The van der Waals surface area contributed by atoms with Crippen molar-refractivity contribution in [3.05, 3.63) is 35.4 Å². The maximum absolute atomic E-state index is 12.7. The topological polar surface area (TPSA) is 69.6 Å². The summed E-state index contributed by atoms with van der Waals surface area (Å²) in [6.07, 6.45) is 1.86. The van der Waals surface area contributed by atoms with Crippen LogP contribution in [0.4, 0.5) is 0 Å². The zero-order chi connectivity index (χ0) is 17.0. The molecule has 1 aliphatic rings. The van der Waals surface area contributed by atoms with Crippen LogP contribution in [0.2, 0.25) is 0 Å². The van der Waals surface area contributed by atoms with Crippen LogP contribution in [0.15, 0.2) is 24.3 Å². The van der Waals surface area contributed by atoms with Gasteiger partial charge in [-0.05, 0) is 63.8 Å². The summed E-state index contributed by atoms with van der Waals surface area (Å²) in [5.41, 5.74) is 1.13. The number of aliphatic hydroxyl groups is 1. The van der Waals surface area contributed by atoms with Gasteiger partial charge in [0.2, 0.25) is 0 Å². The maximum Gasteiger partial charge on any atom is 0.254 e. The fraction of sp³-hybridized carbons (Fsp3) is 0.556. The zero-order valence-corrected chi connectivity index (χ0v) is 14.1. The second-order valence-corrected chi connectivity index (χ2v) is 6.64. The van der Waals surface area contributed by atoms with Crippen LogP contribution < -0.4 is 5.32 Å². The van der Waals surface area contributed by atoms with E-state index >= 15 is 0 Å². The van der Waals surface area contributed by atoms with Crippen molar-refractivity contribution in [1.82, 2.24) is 10.2 Å². The van der Waals surface area contributed by atoms with E-state index in [4.69, 9.17) is 0 Å². The standard InChI is InChI=1S/C18H26N2O3/c1-12(2)19-17(22)15-6-8-16(9-7-15)18(23)20-10-14(11-21)5-4-13(20)3/h6-9,12-14,21H,4-5,10-11H2,1-3H3,(H,19,22). The van der Waals surface area contributed by atoms with Gasteiger partial charge in [0.1, 0.15) is 0 Å². The molecule has 0 aromatic heterocycles. The SMILES string of the molecule is CC(C)NC(=O)c1ccc(C(=O)N2CC(CO)CCC2C)cc1. The van der Waals surface area contributed by atoms with E-state index in [0.717, 1.165) is 12.8 Å². The molecule has 0 bridgehead atoms. The molecule has 2 amide bonds. The summed E-state index contributed by atoms with van der Waals surface area (Å²) in [5, 5.41) is 12.2. The van der Waals surface area contributed by atoms with Gasteiger partial charge in [-0.25, -0.2) is 0 Å². The third-order valence-electron chi connectivity index (χ3n) is 4.31. The molecular weight excluding hydrogens is 292 g/mol. The fourth-order valence-corrected chi connectivity index (χ4v) is 2.89. The second kappa shape index (κ2) is 7.59. The Morgan fingerprint density at radius 2 is 1.83 bits per heavy atom. The highest BCUT2D eigenvalue weighted by atomic mass is 16.3. The van der Waals surface area contributed by atoms with E-state index in [9.17, 15) is 14.7 Å². The first kappa shape index (κ1) is 17.5. The molecule has 1 aromatic rings. The van der Waals surface area contributed by atoms with Gasteiger partial charge in [-0.2, -0.15) is 0 Å². The van der Waals surface area contributed by atoms with Crippen LogP contribution >= 0.6 is 0 Å². The first-order valence-electron chi connectivity index (χ1n) is 8.25. The molecule has 1 aliphatic heterocycles. The molecule has 23 heavy (non-hydrogen) atoms. The van der Waals surface area contributed by atoms with Crippen LogP contribution in [-0.2, 0) is 0 Å². The Balaban J connectivity index is 2.09. The van der Waals surface area contributed by atoms with Gasteiger partial charge in [-0.1, -0.05) is 0 Å². The van der Waals surface area contributed by atoms with Crippen LogP contribution in [0.1, 0.15) is 54.3 Å². The first-order chi connectivity index (χ1) is 10.9. The monoisotopic (exact) mass is 318 g/mol. The van der Waals surface area contributed by atoms with E-state index in [2.05, 4.69) is 5.32 Å². The third-order valence-corrected chi connectivity index (χ3v) is 4.31. The second-order valence-electron chi connectivity index (χ2n) is 6.64. The normalized spacial score (nSPS) is 21.3. The number of likely N-dealkylation sites (tertiary alicyclic amines) is 1. The highest BCUT2D eigenvalue weighted by molar-refractivity contribution is 5.98. The fourth-order valence-electron chi connectivity index (χ4n) is 2.89. The molecule has 2 atom stereocenters. The summed E-state index contributed by atoms with van der Waals surface area (Å²) in [5.74, 6) is -0.0107. The highest BCUT2D eigenvalue weighted by Gasteiger charge is 2.29. The number of benzene rings is 1. The largest absolute Gasteiger partial charge is 0.396 e. The number of piperidine rings is 1. The number of hydrogen-bond acceptors (Lipinski definition) is 3. The van der Waals surface area contributed by atoms with E-state index in [1.807, 2.05) is 25.7 Å². The molecule has 0 radical (unpaired) electrons. The van der Waals surface area contributed by atoms with Crippen molar-refractivity contribution in [1.29, 1.82) is 0 Å². The van der Waals surface area contributed by atoms with E-state index in [1.54, 1.807) is 24.3 Å². The van der Waals surface area contributed by atoms with Gasteiger partial charge in [0.15, 0.2) is 0 Å². The summed E-state index contributed by atoms with van der Waals surface area (Å²) >= 11 is 0. The molecule has 2 N–H and O–H groups in total. The number of aliphatic hydroxyl groups excluding tert-OH is 1. The molecule has 126 valence electrons. The summed E-state index contributed by atoms with van der Waals surface area (Å²) in [4.78, 5) is 26.4. The Morgan fingerprint density at radius 1 is 1.22 bits per heavy atom. The number of amides is 2. The first-order valence-corrected chi connectivity index (χ1v) is 8.25. The predicted molar refractivity (Wildman–Crippen MR) is 89.4 cm³/mol. The van der Waals surface area contributed by atoms with Crippen molar-refractivity contribution in [2.24, 2.45) is 5.92 Å². The van der Waals surface area contributed by atoms with Gasteiger partial charge in [0.25, 0.3) is 11.8 Å². The van der Waals surface area contributed by atoms with Crippen LogP contribution in [0.5, 0.6) is 0 Å². The van der Waals surface area contributed by atoms with Crippen LogP contribution in [-0.4, -0.2) is 47.1 Å². The predicted octanol–water partition coefficient (Wildman–Crippen LogP) is 2.06. The van der Waals surface area contributed by atoms with Crippen molar-refractivity contribution >= 4 is 11.8 Å². The molecule has 1 heterocycles. The van der Waals surface area contributed by atoms with Crippen LogP contribution in [0.3, 0.4) is 0 Å². The average Bonchev–Trinajstić information content (AvgIpc) is 2.54. The molecule has 5 heteroatoms. The number of nitrogens with zero attached hydrogens (tertiary/aromatic N) is 1. The molecule has 0 aliphatic carbocycles. The number of carbonyl (C=O) groups excluding carboxylic acids is 2. The van der Waals surface area contributed by atoms with E-state index in [1.165, 1.54) is 0 Å². The minimum Gasteiger partial charge on any atom is -0.396 e. The van der Waals surface area contributed by atoms with Crippen molar-refractivity contribution in [2.45, 2.75) is 45.7 Å². The van der Waals surface area contributed by atoms with Gasteiger partial charge >= 0.3 is 0 Å². The summed E-state index contributed by atoms with van der Waals surface area (Å²) in [7, 11) is 0. The molecule has 5 nitrogen and oxygen atoms in total. The maximum atomic E-state index is 12.7. The molecule has 1 saturated heterocycles.